The van der Waals surface area contributed by atoms with Gasteiger partial charge in [0.15, 0.2) is 0 Å². The Kier molecular flexibility index (Phi) is 6.55. The predicted molar refractivity (Wildman–Crippen MR) is 146 cm³/mol. The molecule has 1 fully saturated rings. The number of hydrogen-bond donors (Lipinski definition) is 2. The Morgan fingerprint density at radius 1 is 1.11 bits per heavy atom. The number of fused-ring (bicyclic) bond motifs is 1. The van der Waals surface area contributed by atoms with Gasteiger partial charge in [-0.1, -0.05) is 6.07 Å². The molecule has 0 unspecified atom stereocenters. The average molecular weight is 506 g/mol. The predicted octanol–water partition coefficient (Wildman–Crippen LogP) is 3.34. The molecular weight excluding hydrogens is 474 g/mol. The van der Waals surface area contributed by atoms with Crippen molar-refractivity contribution in [3.63, 3.8) is 0 Å². The van der Waals surface area contributed by atoms with Gasteiger partial charge >= 0.3 is 0 Å². The number of piperazine rings is 1. The summed E-state index contributed by atoms with van der Waals surface area (Å²) in [6, 6.07) is 14.2. The number of aryl methyl sites for hydroxylation is 1. The van der Waals surface area contributed by atoms with Gasteiger partial charge in [0.1, 0.15) is 11.6 Å². The molecule has 0 amide bonds. The number of sulfonamides is 1. The van der Waals surface area contributed by atoms with Crippen LogP contribution in [0.15, 0.2) is 61.1 Å². The summed E-state index contributed by atoms with van der Waals surface area (Å²) in [7, 11) is -1.90. The summed E-state index contributed by atoms with van der Waals surface area (Å²) < 4.78 is 27.5. The fourth-order valence-corrected chi connectivity index (χ4v) is 5.09. The van der Waals surface area contributed by atoms with Gasteiger partial charge < -0.3 is 20.1 Å². The first-order valence-corrected chi connectivity index (χ1v) is 13.8. The summed E-state index contributed by atoms with van der Waals surface area (Å²) in [5.41, 5.74) is 5.30. The van der Waals surface area contributed by atoms with E-state index < -0.39 is 10.0 Å². The third-order valence-electron chi connectivity index (χ3n) is 6.59. The van der Waals surface area contributed by atoms with E-state index in [1.54, 1.807) is 6.20 Å². The van der Waals surface area contributed by atoms with E-state index >= 15 is 0 Å². The summed E-state index contributed by atoms with van der Waals surface area (Å²) in [6.07, 6.45) is 6.62. The SMILES string of the molecule is Cc1cc(Nc2cc3c(ccn3Cc3cccnc3N(C)S(C)(=O)=O)cn2)ccc1N1CCNCC1. The van der Waals surface area contributed by atoms with Crippen molar-refractivity contribution in [3.05, 3.63) is 72.2 Å². The minimum atomic E-state index is -3.42. The monoisotopic (exact) mass is 505 g/mol. The van der Waals surface area contributed by atoms with Crippen LogP contribution in [-0.4, -0.2) is 62.4 Å². The normalized spacial score (nSPS) is 14.2. The zero-order chi connectivity index (χ0) is 25.3. The van der Waals surface area contributed by atoms with Gasteiger partial charge in [0.25, 0.3) is 0 Å². The summed E-state index contributed by atoms with van der Waals surface area (Å²) >= 11 is 0. The fourth-order valence-electron chi connectivity index (χ4n) is 4.61. The van der Waals surface area contributed by atoms with Crippen molar-refractivity contribution in [1.29, 1.82) is 0 Å². The number of anilines is 4. The van der Waals surface area contributed by atoms with Gasteiger partial charge in [-0.25, -0.2) is 18.4 Å². The van der Waals surface area contributed by atoms with Crippen LogP contribution in [0, 0.1) is 6.92 Å². The van der Waals surface area contributed by atoms with Crippen molar-refractivity contribution in [2.75, 3.05) is 54.0 Å². The van der Waals surface area contributed by atoms with Gasteiger partial charge in [-0.05, 0) is 42.8 Å². The van der Waals surface area contributed by atoms with E-state index in [1.165, 1.54) is 28.9 Å². The summed E-state index contributed by atoms with van der Waals surface area (Å²) in [5.74, 6) is 1.17. The van der Waals surface area contributed by atoms with Crippen LogP contribution in [0.3, 0.4) is 0 Å². The van der Waals surface area contributed by atoms with Crippen LogP contribution in [0.25, 0.3) is 10.9 Å². The quantitative estimate of drug-likeness (QED) is 0.398. The van der Waals surface area contributed by atoms with Crippen LogP contribution in [0.1, 0.15) is 11.1 Å². The van der Waals surface area contributed by atoms with Crippen LogP contribution in [0.5, 0.6) is 0 Å². The third-order valence-corrected chi connectivity index (χ3v) is 7.75. The van der Waals surface area contributed by atoms with Crippen LogP contribution < -0.4 is 19.8 Å². The first-order chi connectivity index (χ1) is 17.3. The minimum Gasteiger partial charge on any atom is -0.369 e. The van der Waals surface area contributed by atoms with Crippen LogP contribution >= 0.6 is 0 Å². The molecule has 0 aliphatic carbocycles. The van der Waals surface area contributed by atoms with Crippen LogP contribution in [0.4, 0.5) is 23.0 Å². The maximum atomic E-state index is 12.1. The lowest BCUT2D eigenvalue weighted by molar-refractivity contribution is 0.588. The van der Waals surface area contributed by atoms with E-state index in [9.17, 15) is 8.42 Å². The van der Waals surface area contributed by atoms with E-state index in [-0.39, 0.29) is 0 Å². The summed E-state index contributed by atoms with van der Waals surface area (Å²) in [5, 5.41) is 7.85. The molecule has 5 rings (SSSR count). The Morgan fingerprint density at radius 2 is 1.92 bits per heavy atom. The van der Waals surface area contributed by atoms with E-state index in [0.29, 0.717) is 12.4 Å². The molecule has 0 bridgehead atoms. The Balaban J connectivity index is 1.40. The second kappa shape index (κ2) is 9.79. The number of pyridine rings is 2. The van der Waals surface area contributed by atoms with Crippen molar-refractivity contribution >= 4 is 43.9 Å². The van der Waals surface area contributed by atoms with Crippen molar-refractivity contribution in [3.8, 4) is 0 Å². The molecule has 1 aliphatic heterocycles. The first kappa shape index (κ1) is 24.1. The maximum Gasteiger partial charge on any atom is 0.233 e. The van der Waals surface area contributed by atoms with Gasteiger partial charge in [-0.2, -0.15) is 0 Å². The molecule has 4 heterocycles. The lowest BCUT2D eigenvalue weighted by Crippen LogP contribution is -2.43. The highest BCUT2D eigenvalue weighted by Gasteiger charge is 2.18. The molecule has 0 saturated carbocycles. The summed E-state index contributed by atoms with van der Waals surface area (Å²) in [4.78, 5) is 11.3. The lowest BCUT2D eigenvalue weighted by Gasteiger charge is -2.30. The molecule has 9 nitrogen and oxygen atoms in total. The minimum absolute atomic E-state index is 0.425. The van der Waals surface area contributed by atoms with Crippen LogP contribution in [-0.2, 0) is 16.6 Å². The second-order valence-electron chi connectivity index (χ2n) is 9.15. The van der Waals surface area contributed by atoms with Crippen molar-refractivity contribution < 1.29 is 8.42 Å². The number of aromatic nitrogens is 3. The highest BCUT2D eigenvalue weighted by molar-refractivity contribution is 7.92. The van der Waals surface area contributed by atoms with Crippen molar-refractivity contribution in [2.45, 2.75) is 13.5 Å². The topological polar surface area (TPSA) is 95.4 Å². The van der Waals surface area contributed by atoms with E-state index in [2.05, 4.69) is 55.2 Å². The second-order valence-corrected chi connectivity index (χ2v) is 11.2. The zero-order valence-electron chi connectivity index (χ0n) is 20.8. The summed E-state index contributed by atoms with van der Waals surface area (Å²) in [6.45, 7) is 6.67. The van der Waals surface area contributed by atoms with E-state index in [0.717, 1.165) is 54.2 Å². The highest BCUT2D eigenvalue weighted by Crippen LogP contribution is 2.28. The molecule has 3 aromatic heterocycles. The standard InChI is InChI=1S/C26H31N7O2S/c1-19-15-22(6-7-23(19)32-13-10-27-11-14-32)30-25-16-24-20(17-29-25)8-12-33(24)18-21-5-4-9-28-26(21)31(2)36(3,34)35/h4-9,12,15-17,27H,10-11,13-14,18H2,1-3H3,(H,29,30). The average Bonchev–Trinajstić information content (AvgIpc) is 3.26. The van der Waals surface area contributed by atoms with Gasteiger partial charge in [0.05, 0.1) is 18.3 Å². The molecule has 4 aromatic rings. The lowest BCUT2D eigenvalue weighted by atomic mass is 10.1. The Hall–Kier alpha value is -3.63. The smallest absolute Gasteiger partial charge is 0.233 e. The van der Waals surface area contributed by atoms with Gasteiger partial charge in [-0.3, -0.25) is 4.31 Å². The van der Waals surface area contributed by atoms with E-state index in [1.807, 2.05) is 36.7 Å². The Morgan fingerprint density at radius 3 is 2.67 bits per heavy atom. The van der Waals surface area contributed by atoms with Crippen molar-refractivity contribution in [1.82, 2.24) is 19.9 Å². The van der Waals surface area contributed by atoms with E-state index in [4.69, 9.17) is 0 Å². The molecule has 0 spiro atoms. The molecule has 1 saturated heterocycles. The largest absolute Gasteiger partial charge is 0.369 e. The van der Waals surface area contributed by atoms with Gasteiger partial charge in [0, 0.05) is 80.2 Å². The molecule has 0 atom stereocenters. The molecule has 10 heteroatoms. The molecule has 1 aliphatic rings. The Labute approximate surface area is 211 Å². The Bertz CT molecular complexity index is 1490. The molecule has 36 heavy (non-hydrogen) atoms. The number of nitrogens with zero attached hydrogens (tertiary/aromatic N) is 5. The molecule has 188 valence electrons. The first-order valence-electron chi connectivity index (χ1n) is 12.0. The van der Waals surface area contributed by atoms with Gasteiger partial charge in [0.2, 0.25) is 10.0 Å². The highest BCUT2D eigenvalue weighted by atomic mass is 32.2. The van der Waals surface area contributed by atoms with Crippen molar-refractivity contribution in [2.24, 2.45) is 0 Å². The molecule has 1 aromatic carbocycles. The maximum absolute atomic E-state index is 12.1. The van der Waals surface area contributed by atoms with Crippen LogP contribution in [0.2, 0.25) is 0 Å². The molecule has 0 radical (unpaired) electrons. The molecular formula is C26H31N7O2S. The number of nitrogens with one attached hydrogen (secondary N) is 2. The number of hydrogen-bond acceptors (Lipinski definition) is 7. The van der Waals surface area contributed by atoms with Gasteiger partial charge in [-0.15, -0.1) is 0 Å². The third kappa shape index (κ3) is 5.00. The fraction of sp³-hybridized carbons (Fsp3) is 0.308. The number of rotatable bonds is 7. The number of benzene rings is 1. The molecule has 2 N–H and O–H groups in total. The zero-order valence-corrected chi connectivity index (χ0v) is 21.6.